The predicted octanol–water partition coefficient (Wildman–Crippen LogP) is 5.93. The number of carbonyl (C=O) groups excluding carboxylic acids is 1. The highest BCUT2D eigenvalue weighted by Crippen LogP contribution is 2.33. The Labute approximate surface area is 184 Å². The summed E-state index contributed by atoms with van der Waals surface area (Å²) in [4.78, 5) is 13.5. The summed E-state index contributed by atoms with van der Waals surface area (Å²) < 4.78 is 2.11. The van der Waals surface area contributed by atoms with Gasteiger partial charge < -0.3 is 9.88 Å². The molecule has 1 heterocycles. The van der Waals surface area contributed by atoms with E-state index in [9.17, 15) is 4.79 Å². The summed E-state index contributed by atoms with van der Waals surface area (Å²) >= 11 is 0. The van der Waals surface area contributed by atoms with Crippen molar-refractivity contribution in [2.75, 3.05) is 0 Å². The van der Waals surface area contributed by atoms with Crippen LogP contribution in [0.3, 0.4) is 0 Å². The molecule has 1 aromatic heterocycles. The molecule has 0 bridgehead atoms. The minimum absolute atomic E-state index is 0.0294. The summed E-state index contributed by atoms with van der Waals surface area (Å²) in [7, 11) is 2.04. The molecular weight excluding hydrogens is 380 g/mol. The molecule has 0 fully saturated rings. The molecule has 3 aromatic carbocycles. The zero-order valence-electron chi connectivity index (χ0n) is 18.0. The summed E-state index contributed by atoms with van der Waals surface area (Å²) in [5, 5.41) is 4.30. The third kappa shape index (κ3) is 4.77. The van der Waals surface area contributed by atoms with Gasteiger partial charge in [-0.05, 0) is 28.7 Å². The van der Waals surface area contributed by atoms with E-state index in [1.54, 1.807) is 0 Å². The van der Waals surface area contributed by atoms with Crippen LogP contribution < -0.4 is 5.32 Å². The zero-order valence-corrected chi connectivity index (χ0v) is 18.0. The number of amides is 1. The number of hydrogen-bond donors (Lipinski definition) is 1. The molecule has 0 aliphatic rings. The largest absolute Gasteiger partial charge is 0.351 e. The Morgan fingerprint density at radius 1 is 0.935 bits per heavy atom. The van der Waals surface area contributed by atoms with Crippen LogP contribution in [0.15, 0.2) is 97.2 Å². The number of fused-ring (bicyclic) bond motifs is 1. The summed E-state index contributed by atoms with van der Waals surface area (Å²) in [6.07, 6.45) is 6.35. The van der Waals surface area contributed by atoms with Crippen molar-refractivity contribution in [2.45, 2.75) is 19.4 Å². The van der Waals surface area contributed by atoms with E-state index in [2.05, 4.69) is 59.4 Å². The van der Waals surface area contributed by atoms with E-state index >= 15 is 0 Å². The van der Waals surface area contributed by atoms with Crippen LogP contribution in [0.4, 0.5) is 0 Å². The SMILES string of the molecule is C[C@@H](/C=C/c1ccccc1)[C@H](C(=O)NCc1ccccc1)c1cn(C)c2ccccc12. The number of benzene rings is 3. The molecule has 1 N–H and O–H groups in total. The van der Waals surface area contributed by atoms with Crippen LogP contribution in [0.25, 0.3) is 17.0 Å². The van der Waals surface area contributed by atoms with Crippen molar-refractivity contribution < 1.29 is 4.79 Å². The number of allylic oxidation sites excluding steroid dienone is 1. The van der Waals surface area contributed by atoms with Gasteiger partial charge in [-0.15, -0.1) is 0 Å². The van der Waals surface area contributed by atoms with Gasteiger partial charge in [0.15, 0.2) is 0 Å². The van der Waals surface area contributed by atoms with Crippen molar-refractivity contribution in [2.24, 2.45) is 13.0 Å². The van der Waals surface area contributed by atoms with E-state index in [0.717, 1.165) is 27.6 Å². The molecule has 4 rings (SSSR count). The quantitative estimate of drug-likeness (QED) is 0.404. The average molecular weight is 409 g/mol. The van der Waals surface area contributed by atoms with Crippen molar-refractivity contribution in [3.8, 4) is 0 Å². The Balaban J connectivity index is 1.65. The second kappa shape index (κ2) is 9.48. The zero-order chi connectivity index (χ0) is 21.6. The first kappa shape index (κ1) is 20.7. The summed E-state index contributed by atoms with van der Waals surface area (Å²) in [6, 6.07) is 28.5. The molecule has 0 spiro atoms. The average Bonchev–Trinajstić information content (AvgIpc) is 3.14. The Bertz CT molecular complexity index is 1180. The Morgan fingerprint density at radius 2 is 1.58 bits per heavy atom. The number of hydrogen-bond acceptors (Lipinski definition) is 1. The topological polar surface area (TPSA) is 34.0 Å². The van der Waals surface area contributed by atoms with E-state index in [0.29, 0.717) is 6.54 Å². The maximum absolute atomic E-state index is 13.5. The molecule has 0 aliphatic carbocycles. The second-order valence-electron chi connectivity index (χ2n) is 8.02. The lowest BCUT2D eigenvalue weighted by Gasteiger charge is -2.21. The highest BCUT2D eigenvalue weighted by atomic mass is 16.1. The molecular formula is C28H28N2O. The Kier molecular flexibility index (Phi) is 6.32. The lowest BCUT2D eigenvalue weighted by Crippen LogP contribution is -2.32. The van der Waals surface area contributed by atoms with E-state index in [4.69, 9.17) is 0 Å². The molecule has 3 heteroatoms. The first-order valence-electron chi connectivity index (χ1n) is 10.7. The van der Waals surface area contributed by atoms with Gasteiger partial charge in [0.25, 0.3) is 0 Å². The standard InChI is InChI=1S/C28H28N2O/c1-21(17-18-22-11-5-3-6-12-22)27(28(31)29-19-23-13-7-4-8-14-23)25-20-30(2)26-16-10-9-15-24(25)26/h3-18,20-21,27H,19H2,1-2H3,(H,29,31)/b18-17+/t21-,27-/m0/s1. The Morgan fingerprint density at radius 3 is 2.32 bits per heavy atom. The van der Waals surface area contributed by atoms with Crippen LogP contribution in [0.5, 0.6) is 0 Å². The van der Waals surface area contributed by atoms with Crippen LogP contribution in [0, 0.1) is 5.92 Å². The van der Waals surface area contributed by atoms with Crippen LogP contribution in [-0.4, -0.2) is 10.5 Å². The van der Waals surface area contributed by atoms with E-state index in [-0.39, 0.29) is 17.7 Å². The van der Waals surface area contributed by atoms with Gasteiger partial charge in [-0.25, -0.2) is 0 Å². The van der Waals surface area contributed by atoms with Gasteiger partial charge in [0.1, 0.15) is 0 Å². The molecule has 3 nitrogen and oxygen atoms in total. The third-order valence-electron chi connectivity index (χ3n) is 5.77. The third-order valence-corrected chi connectivity index (χ3v) is 5.77. The van der Waals surface area contributed by atoms with Crippen LogP contribution in [0.2, 0.25) is 0 Å². The van der Waals surface area contributed by atoms with E-state index < -0.39 is 0 Å². The molecule has 31 heavy (non-hydrogen) atoms. The minimum Gasteiger partial charge on any atom is -0.351 e. The smallest absolute Gasteiger partial charge is 0.228 e. The number of aryl methyl sites for hydroxylation is 1. The van der Waals surface area contributed by atoms with Crippen molar-refractivity contribution >= 4 is 22.9 Å². The maximum atomic E-state index is 13.5. The van der Waals surface area contributed by atoms with Gasteiger partial charge in [0.2, 0.25) is 5.91 Å². The van der Waals surface area contributed by atoms with Crippen molar-refractivity contribution in [1.29, 1.82) is 0 Å². The van der Waals surface area contributed by atoms with Gasteiger partial charge in [-0.2, -0.15) is 0 Å². The van der Waals surface area contributed by atoms with Gasteiger partial charge in [0.05, 0.1) is 5.92 Å². The lowest BCUT2D eigenvalue weighted by atomic mass is 9.85. The molecule has 0 unspecified atom stereocenters. The molecule has 2 atom stereocenters. The fourth-order valence-corrected chi connectivity index (χ4v) is 4.12. The van der Waals surface area contributed by atoms with Crippen LogP contribution in [-0.2, 0) is 18.4 Å². The Hall–Kier alpha value is -3.59. The highest BCUT2D eigenvalue weighted by molar-refractivity contribution is 5.92. The molecule has 156 valence electrons. The van der Waals surface area contributed by atoms with Crippen molar-refractivity contribution in [3.63, 3.8) is 0 Å². The van der Waals surface area contributed by atoms with Gasteiger partial charge in [-0.3, -0.25) is 4.79 Å². The number of nitrogens with zero attached hydrogens (tertiary/aromatic N) is 1. The van der Waals surface area contributed by atoms with Crippen molar-refractivity contribution in [3.05, 3.63) is 114 Å². The number of nitrogens with one attached hydrogen (secondary N) is 1. The van der Waals surface area contributed by atoms with E-state index in [1.165, 1.54) is 0 Å². The predicted molar refractivity (Wildman–Crippen MR) is 129 cm³/mol. The molecule has 0 saturated heterocycles. The van der Waals surface area contributed by atoms with Crippen LogP contribution >= 0.6 is 0 Å². The highest BCUT2D eigenvalue weighted by Gasteiger charge is 2.28. The fourth-order valence-electron chi connectivity index (χ4n) is 4.12. The first-order chi connectivity index (χ1) is 15.1. The van der Waals surface area contributed by atoms with Gasteiger partial charge in [0, 0.05) is 30.7 Å². The monoisotopic (exact) mass is 408 g/mol. The summed E-state index contributed by atoms with van der Waals surface area (Å²) in [6.45, 7) is 2.64. The van der Waals surface area contributed by atoms with Gasteiger partial charge in [-0.1, -0.05) is 97.9 Å². The first-order valence-corrected chi connectivity index (χ1v) is 10.7. The summed E-state index contributed by atoms with van der Waals surface area (Å²) in [5.41, 5.74) is 4.43. The molecule has 4 aromatic rings. The van der Waals surface area contributed by atoms with Crippen LogP contribution in [0.1, 0.15) is 29.5 Å². The fraction of sp³-hybridized carbons (Fsp3) is 0.179. The van der Waals surface area contributed by atoms with E-state index in [1.807, 2.05) is 67.7 Å². The molecule has 0 aliphatic heterocycles. The number of aromatic nitrogens is 1. The summed E-state index contributed by atoms with van der Waals surface area (Å²) in [5.74, 6) is -0.207. The normalized spacial score (nSPS) is 13.4. The van der Waals surface area contributed by atoms with Crippen molar-refractivity contribution in [1.82, 2.24) is 9.88 Å². The minimum atomic E-state index is -0.283. The second-order valence-corrected chi connectivity index (χ2v) is 8.02. The lowest BCUT2D eigenvalue weighted by molar-refractivity contribution is -0.123. The maximum Gasteiger partial charge on any atom is 0.228 e. The number of para-hydroxylation sites is 1. The molecule has 0 saturated carbocycles. The van der Waals surface area contributed by atoms with Gasteiger partial charge >= 0.3 is 0 Å². The molecule has 1 amide bonds. The molecule has 0 radical (unpaired) electrons. The number of carbonyl (C=O) groups is 1. The number of rotatable bonds is 7.